The maximum absolute atomic E-state index is 11.8. The number of nitrogens with zero attached hydrogens (tertiary/aromatic N) is 1. The molecule has 1 N–H and O–H groups in total. The van der Waals surface area contributed by atoms with Crippen LogP contribution >= 0.6 is 0 Å². The Hall–Kier alpha value is -2.36. The number of carbonyl (C=O) groups excluding carboxylic acids is 1. The third-order valence-electron chi connectivity index (χ3n) is 3.01. The Morgan fingerprint density at radius 1 is 1.10 bits per heavy atom. The highest BCUT2D eigenvalue weighted by Crippen LogP contribution is 2.11. The Labute approximate surface area is 118 Å². The van der Waals surface area contributed by atoms with E-state index in [2.05, 4.69) is 10.3 Å². The van der Waals surface area contributed by atoms with Crippen molar-refractivity contribution in [3.63, 3.8) is 0 Å². The molecule has 0 fully saturated rings. The summed E-state index contributed by atoms with van der Waals surface area (Å²) in [7, 11) is 1.63. The lowest BCUT2D eigenvalue weighted by Gasteiger charge is -2.06. The number of carbonyl (C=O) groups is 1. The van der Waals surface area contributed by atoms with Crippen molar-refractivity contribution in [3.05, 3.63) is 59.9 Å². The fourth-order valence-electron chi connectivity index (χ4n) is 1.89. The van der Waals surface area contributed by atoms with Gasteiger partial charge in [0.2, 0.25) is 5.91 Å². The molecular formula is C16H18N2O2. The molecule has 0 atom stereocenters. The zero-order chi connectivity index (χ0) is 14.2. The van der Waals surface area contributed by atoms with Crippen LogP contribution in [0.2, 0.25) is 0 Å². The standard InChI is InChI=1S/C16H18N2O2/c1-20-15-4-2-14(3-5-15)12-16(19)18-11-8-13-6-9-17-10-7-13/h2-7,9-10H,8,11-12H2,1H3,(H,18,19). The molecule has 20 heavy (non-hydrogen) atoms. The maximum atomic E-state index is 11.8. The third kappa shape index (κ3) is 4.39. The number of nitrogens with one attached hydrogen (secondary N) is 1. The maximum Gasteiger partial charge on any atom is 0.224 e. The quantitative estimate of drug-likeness (QED) is 0.873. The molecule has 1 amide bonds. The number of benzene rings is 1. The van der Waals surface area contributed by atoms with Crippen LogP contribution in [0, 0.1) is 0 Å². The molecule has 0 aliphatic carbocycles. The van der Waals surface area contributed by atoms with Crippen LogP contribution in [0.4, 0.5) is 0 Å². The lowest BCUT2D eigenvalue weighted by Crippen LogP contribution is -2.27. The summed E-state index contributed by atoms with van der Waals surface area (Å²) in [5.41, 5.74) is 2.15. The van der Waals surface area contributed by atoms with Crippen molar-refractivity contribution in [2.45, 2.75) is 12.8 Å². The molecular weight excluding hydrogens is 252 g/mol. The summed E-state index contributed by atoms with van der Waals surface area (Å²) < 4.78 is 5.08. The first kappa shape index (κ1) is 14.1. The number of amides is 1. The largest absolute Gasteiger partial charge is 0.497 e. The first-order valence-corrected chi connectivity index (χ1v) is 6.56. The van der Waals surface area contributed by atoms with E-state index >= 15 is 0 Å². The van der Waals surface area contributed by atoms with Crippen LogP contribution in [-0.4, -0.2) is 24.5 Å². The molecule has 2 aromatic rings. The summed E-state index contributed by atoms with van der Waals surface area (Å²) in [5.74, 6) is 0.830. The summed E-state index contributed by atoms with van der Waals surface area (Å²) in [6.07, 6.45) is 4.72. The van der Waals surface area contributed by atoms with Crippen molar-refractivity contribution in [2.24, 2.45) is 0 Å². The van der Waals surface area contributed by atoms with Gasteiger partial charge in [-0.05, 0) is 41.8 Å². The molecule has 0 unspecified atom stereocenters. The van der Waals surface area contributed by atoms with Gasteiger partial charge in [-0.25, -0.2) is 0 Å². The lowest BCUT2D eigenvalue weighted by atomic mass is 10.1. The Bertz CT molecular complexity index is 538. The Morgan fingerprint density at radius 3 is 2.45 bits per heavy atom. The molecule has 1 heterocycles. The fraction of sp³-hybridized carbons (Fsp3) is 0.250. The second kappa shape index (κ2) is 7.28. The zero-order valence-electron chi connectivity index (χ0n) is 11.5. The van der Waals surface area contributed by atoms with Crippen LogP contribution in [0.1, 0.15) is 11.1 Å². The van der Waals surface area contributed by atoms with Gasteiger partial charge < -0.3 is 10.1 Å². The van der Waals surface area contributed by atoms with E-state index in [1.165, 1.54) is 5.56 Å². The number of pyridine rings is 1. The van der Waals surface area contributed by atoms with Gasteiger partial charge in [0.1, 0.15) is 5.75 Å². The van der Waals surface area contributed by atoms with Crippen molar-refractivity contribution >= 4 is 5.91 Å². The highest BCUT2D eigenvalue weighted by atomic mass is 16.5. The van der Waals surface area contributed by atoms with Crippen LogP contribution in [0.3, 0.4) is 0 Å². The zero-order valence-corrected chi connectivity index (χ0v) is 11.5. The molecule has 4 nitrogen and oxygen atoms in total. The van der Waals surface area contributed by atoms with E-state index in [1.54, 1.807) is 19.5 Å². The first-order valence-electron chi connectivity index (χ1n) is 6.56. The molecule has 0 bridgehead atoms. The topological polar surface area (TPSA) is 51.2 Å². The number of methoxy groups -OCH3 is 1. The monoisotopic (exact) mass is 270 g/mol. The van der Waals surface area contributed by atoms with E-state index in [0.717, 1.165) is 17.7 Å². The van der Waals surface area contributed by atoms with Gasteiger partial charge in [0.15, 0.2) is 0 Å². The molecule has 0 aliphatic heterocycles. The summed E-state index contributed by atoms with van der Waals surface area (Å²) in [4.78, 5) is 15.8. The SMILES string of the molecule is COc1ccc(CC(=O)NCCc2ccncc2)cc1. The van der Waals surface area contributed by atoms with Gasteiger partial charge in [0.05, 0.1) is 13.5 Å². The van der Waals surface area contributed by atoms with Gasteiger partial charge in [0.25, 0.3) is 0 Å². The van der Waals surface area contributed by atoms with Crippen molar-refractivity contribution < 1.29 is 9.53 Å². The number of hydrogen-bond donors (Lipinski definition) is 1. The fourth-order valence-corrected chi connectivity index (χ4v) is 1.89. The van der Waals surface area contributed by atoms with Crippen molar-refractivity contribution in [1.82, 2.24) is 10.3 Å². The van der Waals surface area contributed by atoms with Crippen LogP contribution in [0.5, 0.6) is 5.75 Å². The second-order valence-corrected chi connectivity index (χ2v) is 4.48. The Balaban J connectivity index is 1.74. The van der Waals surface area contributed by atoms with Gasteiger partial charge in [-0.15, -0.1) is 0 Å². The summed E-state index contributed by atoms with van der Waals surface area (Å²) in [6.45, 7) is 0.638. The van der Waals surface area contributed by atoms with E-state index in [0.29, 0.717) is 13.0 Å². The van der Waals surface area contributed by atoms with Crippen LogP contribution in [0.15, 0.2) is 48.8 Å². The predicted octanol–water partition coefficient (Wildman–Crippen LogP) is 1.99. The third-order valence-corrected chi connectivity index (χ3v) is 3.01. The molecule has 0 spiro atoms. The van der Waals surface area contributed by atoms with Crippen molar-refractivity contribution in [3.8, 4) is 5.75 Å². The molecule has 0 aliphatic rings. The van der Waals surface area contributed by atoms with Gasteiger partial charge in [-0.1, -0.05) is 12.1 Å². The highest BCUT2D eigenvalue weighted by Gasteiger charge is 2.03. The highest BCUT2D eigenvalue weighted by molar-refractivity contribution is 5.78. The minimum atomic E-state index is 0.0317. The average Bonchev–Trinajstić information content (AvgIpc) is 2.49. The Kier molecular flexibility index (Phi) is 5.12. The first-order chi connectivity index (χ1) is 9.78. The smallest absolute Gasteiger partial charge is 0.224 e. The van der Waals surface area contributed by atoms with Gasteiger partial charge in [0, 0.05) is 18.9 Å². The number of aromatic nitrogens is 1. The van der Waals surface area contributed by atoms with E-state index in [-0.39, 0.29) is 5.91 Å². The van der Waals surface area contributed by atoms with E-state index in [1.807, 2.05) is 36.4 Å². The van der Waals surface area contributed by atoms with Crippen LogP contribution < -0.4 is 10.1 Å². The predicted molar refractivity (Wildman–Crippen MR) is 77.6 cm³/mol. The molecule has 1 aromatic heterocycles. The number of ether oxygens (including phenoxy) is 1. The Morgan fingerprint density at radius 2 is 1.80 bits per heavy atom. The molecule has 0 saturated heterocycles. The molecule has 0 radical (unpaired) electrons. The van der Waals surface area contributed by atoms with Crippen LogP contribution in [0.25, 0.3) is 0 Å². The summed E-state index contributed by atoms with van der Waals surface area (Å²) >= 11 is 0. The molecule has 4 heteroatoms. The van der Waals surface area contributed by atoms with Crippen LogP contribution in [-0.2, 0) is 17.6 Å². The summed E-state index contributed by atoms with van der Waals surface area (Å²) in [5, 5.41) is 2.92. The number of rotatable bonds is 6. The molecule has 1 aromatic carbocycles. The molecule has 104 valence electrons. The minimum Gasteiger partial charge on any atom is -0.497 e. The average molecular weight is 270 g/mol. The molecule has 2 rings (SSSR count). The van der Waals surface area contributed by atoms with Crippen molar-refractivity contribution in [2.75, 3.05) is 13.7 Å². The van der Waals surface area contributed by atoms with Gasteiger partial charge >= 0.3 is 0 Å². The normalized spacial score (nSPS) is 10.1. The lowest BCUT2D eigenvalue weighted by molar-refractivity contribution is -0.120. The van der Waals surface area contributed by atoms with E-state index < -0.39 is 0 Å². The molecule has 0 saturated carbocycles. The second-order valence-electron chi connectivity index (χ2n) is 4.48. The van der Waals surface area contributed by atoms with E-state index in [9.17, 15) is 4.79 Å². The minimum absolute atomic E-state index is 0.0317. The van der Waals surface area contributed by atoms with Gasteiger partial charge in [-0.2, -0.15) is 0 Å². The summed E-state index contributed by atoms with van der Waals surface area (Å²) in [6, 6.07) is 11.4. The van der Waals surface area contributed by atoms with E-state index in [4.69, 9.17) is 4.74 Å². The van der Waals surface area contributed by atoms with Crippen molar-refractivity contribution in [1.29, 1.82) is 0 Å². The van der Waals surface area contributed by atoms with Gasteiger partial charge in [-0.3, -0.25) is 9.78 Å². The number of hydrogen-bond acceptors (Lipinski definition) is 3.